The van der Waals surface area contributed by atoms with Crippen molar-refractivity contribution < 1.29 is 0 Å². The summed E-state index contributed by atoms with van der Waals surface area (Å²) < 4.78 is 0. The molecule has 0 aromatic rings. The minimum Gasteiger partial charge on any atom is -0.166 e. The zero-order valence-corrected chi connectivity index (χ0v) is 5.97. The number of likely N-dealkylation sites (tertiary alicyclic amines) is 1. The van der Waals surface area contributed by atoms with E-state index in [0.29, 0.717) is 0 Å². The highest BCUT2D eigenvalue weighted by Gasteiger charge is 2.15. The Morgan fingerprint density at radius 1 is 1.22 bits per heavy atom. The van der Waals surface area contributed by atoms with Gasteiger partial charge in [0.15, 0.2) is 0 Å². The maximum Gasteiger partial charge on any atom is 0.141 e. The fourth-order valence-corrected chi connectivity index (χ4v) is 1.32. The zero-order valence-electron chi connectivity index (χ0n) is 5.97. The smallest absolute Gasteiger partial charge is 0.141 e. The lowest BCUT2D eigenvalue weighted by Gasteiger charge is -2.14. The van der Waals surface area contributed by atoms with Gasteiger partial charge in [-0.3, -0.25) is 0 Å². The van der Waals surface area contributed by atoms with Crippen molar-refractivity contribution >= 4 is 0 Å². The third kappa shape index (κ3) is 2.19. The number of rotatable bonds is 2. The van der Waals surface area contributed by atoms with Gasteiger partial charge in [0.25, 0.3) is 0 Å². The molecular weight excluding hydrogens is 110 g/mol. The second-order valence-corrected chi connectivity index (χ2v) is 2.65. The predicted molar refractivity (Wildman–Crippen MR) is 40.8 cm³/mol. The lowest BCUT2D eigenvalue weighted by Crippen LogP contribution is -2.35. The van der Waals surface area contributed by atoms with E-state index in [1.807, 2.05) is 6.08 Å². The maximum atomic E-state index is 3.71. The molecule has 9 heavy (non-hydrogen) atoms. The Kier molecular flexibility index (Phi) is 2.78. The predicted octanol–water partition coefficient (Wildman–Crippen LogP) is 1.50. The molecule has 0 amide bonds. The highest BCUT2D eigenvalue weighted by Crippen LogP contribution is 2.04. The monoisotopic (exact) mass is 125 g/mol. The van der Waals surface area contributed by atoms with Gasteiger partial charge in [-0.2, -0.15) is 4.90 Å². The highest BCUT2D eigenvalue weighted by molar-refractivity contribution is 4.79. The second-order valence-electron chi connectivity index (χ2n) is 2.65. The summed E-state index contributed by atoms with van der Waals surface area (Å²) >= 11 is 0. The maximum absolute atomic E-state index is 3.71. The lowest BCUT2D eigenvalue weighted by molar-refractivity contribution is 0.365. The first-order chi connectivity index (χ1) is 4.43. The van der Waals surface area contributed by atoms with E-state index in [0.717, 1.165) is 6.54 Å². The van der Waals surface area contributed by atoms with Crippen LogP contribution in [0, 0.1) is 0 Å². The molecule has 1 fully saturated rings. The summed E-state index contributed by atoms with van der Waals surface area (Å²) in [4.78, 5) is 2.45. The van der Waals surface area contributed by atoms with Crippen LogP contribution in [-0.2, 0) is 0 Å². The summed E-state index contributed by atoms with van der Waals surface area (Å²) in [6, 6.07) is 0. The van der Waals surface area contributed by atoms with Crippen LogP contribution in [0.15, 0.2) is 12.7 Å². The molecule has 1 radical (unpaired) electrons. The highest BCUT2D eigenvalue weighted by atomic mass is 15.1. The SMILES string of the molecule is C=CC[N+]1CCCCC1. The summed E-state index contributed by atoms with van der Waals surface area (Å²) in [5.74, 6) is 0. The van der Waals surface area contributed by atoms with Crippen LogP contribution in [0.4, 0.5) is 0 Å². The third-order valence-corrected chi connectivity index (χ3v) is 1.84. The van der Waals surface area contributed by atoms with Crippen LogP contribution in [0.2, 0.25) is 0 Å². The van der Waals surface area contributed by atoms with E-state index in [2.05, 4.69) is 11.5 Å². The Hall–Kier alpha value is -0.300. The van der Waals surface area contributed by atoms with Crippen molar-refractivity contribution in [1.29, 1.82) is 0 Å². The van der Waals surface area contributed by atoms with Crippen LogP contribution >= 0.6 is 0 Å². The fraction of sp³-hybridized carbons (Fsp3) is 0.750. The average Bonchev–Trinajstić information content (AvgIpc) is 1.91. The van der Waals surface area contributed by atoms with Gasteiger partial charge in [0.1, 0.15) is 19.6 Å². The molecule has 0 spiro atoms. The molecule has 1 saturated heterocycles. The molecule has 0 aromatic carbocycles. The molecule has 51 valence electrons. The Balaban J connectivity index is 2.15. The van der Waals surface area contributed by atoms with Gasteiger partial charge < -0.3 is 0 Å². The molecular formula is C8H15N+. The molecule has 1 aliphatic heterocycles. The van der Waals surface area contributed by atoms with Gasteiger partial charge in [0.05, 0.1) is 0 Å². The largest absolute Gasteiger partial charge is 0.166 e. The van der Waals surface area contributed by atoms with Gasteiger partial charge in [0.2, 0.25) is 0 Å². The van der Waals surface area contributed by atoms with E-state index in [-0.39, 0.29) is 0 Å². The molecule has 1 aliphatic rings. The van der Waals surface area contributed by atoms with Gasteiger partial charge in [0, 0.05) is 12.8 Å². The summed E-state index contributed by atoms with van der Waals surface area (Å²) in [6.07, 6.45) is 6.18. The average molecular weight is 125 g/mol. The molecule has 0 aromatic heterocycles. The van der Waals surface area contributed by atoms with Gasteiger partial charge in [-0.15, -0.1) is 0 Å². The standard InChI is InChI=1S/C8H15N/c1-2-6-9-7-4-3-5-8-9/h2H,1,3-8H2/q+1. The molecule has 0 bridgehead atoms. The first kappa shape index (κ1) is 6.81. The van der Waals surface area contributed by atoms with Gasteiger partial charge in [-0.1, -0.05) is 6.58 Å². The minimum atomic E-state index is 1.08. The number of hydrogen-bond acceptors (Lipinski definition) is 1. The van der Waals surface area contributed by atoms with Gasteiger partial charge in [-0.25, -0.2) is 0 Å². The normalized spacial score (nSPS) is 21.8. The zero-order chi connectivity index (χ0) is 6.53. The van der Waals surface area contributed by atoms with E-state index in [1.54, 1.807) is 0 Å². The molecule has 0 saturated carbocycles. The molecule has 1 nitrogen and oxygen atoms in total. The van der Waals surface area contributed by atoms with Crippen LogP contribution in [0.3, 0.4) is 0 Å². The Bertz CT molecular complexity index is 82.6. The molecule has 1 rings (SSSR count). The molecule has 0 unspecified atom stereocenters. The Morgan fingerprint density at radius 2 is 1.89 bits per heavy atom. The van der Waals surface area contributed by atoms with Crippen molar-refractivity contribution in [2.75, 3.05) is 19.6 Å². The van der Waals surface area contributed by atoms with Crippen LogP contribution in [0.5, 0.6) is 0 Å². The van der Waals surface area contributed by atoms with Crippen molar-refractivity contribution in [3.8, 4) is 0 Å². The van der Waals surface area contributed by atoms with Crippen molar-refractivity contribution in [3.05, 3.63) is 12.7 Å². The third-order valence-electron chi connectivity index (χ3n) is 1.84. The van der Waals surface area contributed by atoms with Crippen molar-refractivity contribution in [1.82, 2.24) is 4.90 Å². The quantitative estimate of drug-likeness (QED) is 0.389. The van der Waals surface area contributed by atoms with Crippen molar-refractivity contribution in [2.45, 2.75) is 19.3 Å². The number of nitrogens with zero attached hydrogens (tertiary/aromatic N) is 1. The molecule has 0 atom stereocenters. The topological polar surface area (TPSA) is 5.90 Å². The molecule has 0 aliphatic carbocycles. The van der Waals surface area contributed by atoms with E-state index in [4.69, 9.17) is 0 Å². The summed E-state index contributed by atoms with van der Waals surface area (Å²) in [6.45, 7) is 7.36. The molecule has 1 heteroatoms. The summed E-state index contributed by atoms with van der Waals surface area (Å²) in [5.41, 5.74) is 0. The first-order valence-corrected chi connectivity index (χ1v) is 3.77. The van der Waals surface area contributed by atoms with Crippen LogP contribution in [-0.4, -0.2) is 19.6 Å². The Morgan fingerprint density at radius 3 is 2.44 bits per heavy atom. The van der Waals surface area contributed by atoms with Crippen LogP contribution < -0.4 is 4.90 Å². The molecule has 0 N–H and O–H groups in total. The minimum absolute atomic E-state index is 1.08. The van der Waals surface area contributed by atoms with E-state index in [9.17, 15) is 0 Å². The summed E-state index contributed by atoms with van der Waals surface area (Å²) in [7, 11) is 0. The fourth-order valence-electron chi connectivity index (χ4n) is 1.32. The van der Waals surface area contributed by atoms with E-state index < -0.39 is 0 Å². The van der Waals surface area contributed by atoms with E-state index in [1.165, 1.54) is 32.4 Å². The lowest BCUT2D eigenvalue weighted by atomic mass is 10.1. The molecule has 1 heterocycles. The number of piperidine rings is 1. The van der Waals surface area contributed by atoms with Gasteiger partial charge in [-0.05, 0) is 12.5 Å². The second kappa shape index (κ2) is 3.67. The van der Waals surface area contributed by atoms with Crippen molar-refractivity contribution in [3.63, 3.8) is 0 Å². The van der Waals surface area contributed by atoms with Gasteiger partial charge >= 0.3 is 0 Å². The van der Waals surface area contributed by atoms with Crippen molar-refractivity contribution in [2.24, 2.45) is 0 Å². The van der Waals surface area contributed by atoms with E-state index >= 15 is 0 Å². The summed E-state index contributed by atoms with van der Waals surface area (Å²) in [5, 5.41) is 0. The van der Waals surface area contributed by atoms with Crippen LogP contribution in [0.1, 0.15) is 19.3 Å². The number of hydrogen-bond donors (Lipinski definition) is 0. The Labute approximate surface area is 57.4 Å². The van der Waals surface area contributed by atoms with Crippen LogP contribution in [0.25, 0.3) is 0 Å². The first-order valence-electron chi connectivity index (χ1n) is 3.77.